The lowest BCUT2D eigenvalue weighted by Gasteiger charge is -2.38. The second-order valence-corrected chi connectivity index (χ2v) is 9.17. The van der Waals surface area contributed by atoms with Crippen LogP contribution in [0, 0.1) is 0 Å². The predicted octanol–water partition coefficient (Wildman–Crippen LogP) is 6.47. The normalized spacial score (nSPS) is 19.2. The second-order valence-electron chi connectivity index (χ2n) is 7.40. The first-order valence-corrected chi connectivity index (χ1v) is 11.5. The summed E-state index contributed by atoms with van der Waals surface area (Å²) in [6.07, 6.45) is 0.406. The first-order valence-electron chi connectivity index (χ1n) is 9.88. The summed E-state index contributed by atoms with van der Waals surface area (Å²) < 4.78 is 19.4. The van der Waals surface area contributed by atoms with Crippen molar-refractivity contribution in [3.8, 4) is 17.2 Å². The maximum atomic E-state index is 6.53. The van der Waals surface area contributed by atoms with Crippen LogP contribution in [0.25, 0.3) is 0 Å². The number of hydrogen-bond acceptors (Lipinski definition) is 5. The van der Waals surface area contributed by atoms with E-state index in [1.165, 1.54) is 0 Å². The standard InChI is InChI=1S/C24H20Br2N2O3/c1-29-21-9-8-15(10-22(21)30-2)24-28-20(13-19(27-28)14-6-4-3-5-7-14)17-11-16(25)12-18(26)23(17)31-24/h3-12,20,24H,13H2,1-2H3/t20-,24+/m1/s1. The Morgan fingerprint density at radius 2 is 1.74 bits per heavy atom. The average molecular weight is 544 g/mol. The van der Waals surface area contributed by atoms with E-state index >= 15 is 0 Å². The van der Waals surface area contributed by atoms with Crippen molar-refractivity contribution in [2.75, 3.05) is 14.2 Å². The third kappa shape index (κ3) is 3.59. The molecule has 0 N–H and O–H groups in total. The van der Waals surface area contributed by atoms with Gasteiger partial charge in [0.25, 0.3) is 0 Å². The summed E-state index contributed by atoms with van der Waals surface area (Å²) in [5.74, 6) is 2.18. The van der Waals surface area contributed by atoms with Gasteiger partial charge in [-0.3, -0.25) is 0 Å². The Bertz CT molecular complexity index is 1170. The van der Waals surface area contributed by atoms with Crippen LogP contribution in [0.4, 0.5) is 0 Å². The molecular formula is C24H20Br2N2O3. The Hall–Kier alpha value is -2.51. The zero-order chi connectivity index (χ0) is 21.5. The zero-order valence-corrected chi connectivity index (χ0v) is 20.2. The largest absolute Gasteiger partial charge is 0.493 e. The molecule has 0 spiro atoms. The molecule has 2 aliphatic rings. The molecule has 3 aromatic rings. The lowest BCUT2D eigenvalue weighted by atomic mass is 9.96. The molecule has 5 rings (SSSR count). The molecule has 3 aromatic carbocycles. The van der Waals surface area contributed by atoms with E-state index in [1.54, 1.807) is 14.2 Å². The third-order valence-corrected chi connectivity index (χ3v) is 6.65. The fourth-order valence-corrected chi connectivity index (χ4v) is 5.50. The molecule has 5 nitrogen and oxygen atoms in total. The van der Waals surface area contributed by atoms with Crippen molar-refractivity contribution >= 4 is 37.6 Å². The molecule has 7 heteroatoms. The molecule has 0 aliphatic carbocycles. The summed E-state index contributed by atoms with van der Waals surface area (Å²) in [7, 11) is 3.27. The summed E-state index contributed by atoms with van der Waals surface area (Å²) >= 11 is 7.31. The summed E-state index contributed by atoms with van der Waals surface area (Å²) in [5, 5.41) is 7.08. The van der Waals surface area contributed by atoms with Crippen LogP contribution in [0.1, 0.15) is 35.4 Å². The number of hydrogen-bond donors (Lipinski definition) is 0. The lowest BCUT2D eigenvalue weighted by molar-refractivity contribution is -0.0198. The Morgan fingerprint density at radius 1 is 0.968 bits per heavy atom. The Morgan fingerprint density at radius 3 is 2.48 bits per heavy atom. The van der Waals surface area contributed by atoms with Gasteiger partial charge >= 0.3 is 0 Å². The van der Waals surface area contributed by atoms with Crippen molar-refractivity contribution in [3.05, 3.63) is 86.3 Å². The van der Waals surface area contributed by atoms with Gasteiger partial charge < -0.3 is 14.2 Å². The molecule has 31 heavy (non-hydrogen) atoms. The molecule has 2 atom stereocenters. The predicted molar refractivity (Wildman–Crippen MR) is 127 cm³/mol. The highest BCUT2D eigenvalue weighted by molar-refractivity contribution is 9.11. The van der Waals surface area contributed by atoms with Crippen molar-refractivity contribution in [1.29, 1.82) is 0 Å². The van der Waals surface area contributed by atoms with E-state index in [2.05, 4.69) is 55.1 Å². The molecule has 0 aromatic heterocycles. The van der Waals surface area contributed by atoms with Crippen molar-refractivity contribution in [2.24, 2.45) is 5.10 Å². The van der Waals surface area contributed by atoms with E-state index in [0.717, 1.165) is 43.5 Å². The molecule has 2 aliphatic heterocycles. The van der Waals surface area contributed by atoms with Crippen LogP contribution in [0.2, 0.25) is 0 Å². The Kier molecular flexibility index (Phi) is 5.40. The van der Waals surface area contributed by atoms with Gasteiger partial charge in [-0.15, -0.1) is 0 Å². The van der Waals surface area contributed by atoms with Gasteiger partial charge in [-0.1, -0.05) is 46.3 Å². The molecule has 0 bridgehead atoms. The van der Waals surface area contributed by atoms with Crippen molar-refractivity contribution in [1.82, 2.24) is 5.01 Å². The van der Waals surface area contributed by atoms with Gasteiger partial charge in [0.05, 0.1) is 30.4 Å². The maximum absolute atomic E-state index is 6.53. The fraction of sp³-hybridized carbons (Fsp3) is 0.208. The Labute approximate surface area is 197 Å². The van der Waals surface area contributed by atoms with Crippen LogP contribution < -0.4 is 14.2 Å². The first kappa shape index (κ1) is 20.4. The number of ether oxygens (including phenoxy) is 3. The van der Waals surface area contributed by atoms with E-state index in [0.29, 0.717) is 11.5 Å². The van der Waals surface area contributed by atoms with Gasteiger partial charge in [0.15, 0.2) is 11.5 Å². The van der Waals surface area contributed by atoms with Crippen LogP contribution in [-0.4, -0.2) is 24.9 Å². The van der Waals surface area contributed by atoms with E-state index < -0.39 is 6.23 Å². The highest BCUT2D eigenvalue weighted by atomic mass is 79.9. The number of hydrazone groups is 1. The first-order chi connectivity index (χ1) is 15.1. The quantitative estimate of drug-likeness (QED) is 0.378. The minimum atomic E-state index is -0.393. The highest BCUT2D eigenvalue weighted by Gasteiger charge is 2.42. The highest BCUT2D eigenvalue weighted by Crippen LogP contribution is 2.51. The SMILES string of the molecule is COc1ccc([C@@H]2Oc3c(Br)cc(Br)cc3[C@H]3CC(c4ccccc4)=NN32)cc1OC. The molecular weight excluding hydrogens is 524 g/mol. The lowest BCUT2D eigenvalue weighted by Crippen LogP contribution is -2.34. The maximum Gasteiger partial charge on any atom is 0.214 e. The topological polar surface area (TPSA) is 43.3 Å². The smallest absolute Gasteiger partial charge is 0.214 e. The van der Waals surface area contributed by atoms with Crippen LogP contribution in [-0.2, 0) is 0 Å². The van der Waals surface area contributed by atoms with Crippen molar-refractivity contribution in [2.45, 2.75) is 18.7 Å². The summed E-state index contributed by atoms with van der Waals surface area (Å²) in [5.41, 5.74) is 4.22. The molecule has 0 amide bonds. The van der Waals surface area contributed by atoms with Crippen molar-refractivity contribution in [3.63, 3.8) is 0 Å². The van der Waals surface area contributed by atoms with Gasteiger partial charge in [0, 0.05) is 22.0 Å². The van der Waals surface area contributed by atoms with Crippen LogP contribution in [0.3, 0.4) is 0 Å². The number of rotatable bonds is 4. The van der Waals surface area contributed by atoms with Gasteiger partial charge in [0.1, 0.15) is 5.75 Å². The zero-order valence-electron chi connectivity index (χ0n) is 17.0. The molecule has 0 saturated carbocycles. The van der Waals surface area contributed by atoms with Crippen molar-refractivity contribution < 1.29 is 14.2 Å². The number of benzene rings is 3. The molecule has 2 heterocycles. The van der Waals surface area contributed by atoms with Crippen LogP contribution in [0.15, 0.2) is 74.7 Å². The number of halogens is 2. The summed E-state index contributed by atoms with van der Waals surface area (Å²) in [6.45, 7) is 0. The van der Waals surface area contributed by atoms with Gasteiger partial charge in [-0.2, -0.15) is 5.10 Å². The van der Waals surface area contributed by atoms with Gasteiger partial charge in [-0.05, 0) is 51.8 Å². The van der Waals surface area contributed by atoms with E-state index in [4.69, 9.17) is 19.3 Å². The average Bonchev–Trinajstić information content (AvgIpc) is 3.25. The number of methoxy groups -OCH3 is 2. The van der Waals surface area contributed by atoms with Gasteiger partial charge in [0.2, 0.25) is 6.23 Å². The van der Waals surface area contributed by atoms with Gasteiger partial charge in [-0.25, -0.2) is 5.01 Å². The summed E-state index contributed by atoms with van der Waals surface area (Å²) in [6, 6.07) is 20.3. The number of nitrogens with zero attached hydrogens (tertiary/aromatic N) is 2. The molecule has 0 fully saturated rings. The second kappa shape index (κ2) is 8.20. The molecule has 158 valence electrons. The minimum absolute atomic E-state index is 0.0610. The molecule has 0 unspecified atom stereocenters. The molecule has 0 saturated heterocycles. The third-order valence-electron chi connectivity index (χ3n) is 5.61. The van der Waals surface area contributed by atoms with E-state index in [-0.39, 0.29) is 6.04 Å². The minimum Gasteiger partial charge on any atom is -0.493 e. The van der Waals surface area contributed by atoms with E-state index in [9.17, 15) is 0 Å². The van der Waals surface area contributed by atoms with Crippen LogP contribution >= 0.6 is 31.9 Å². The monoisotopic (exact) mass is 542 g/mol. The molecule has 0 radical (unpaired) electrons. The summed E-state index contributed by atoms with van der Waals surface area (Å²) in [4.78, 5) is 0. The number of fused-ring (bicyclic) bond motifs is 3. The Balaban J connectivity index is 1.63. The van der Waals surface area contributed by atoms with Crippen LogP contribution in [0.5, 0.6) is 17.2 Å². The fourth-order valence-electron chi connectivity index (χ4n) is 4.15. The van der Waals surface area contributed by atoms with E-state index in [1.807, 2.05) is 42.5 Å².